The van der Waals surface area contributed by atoms with Gasteiger partial charge in [0.15, 0.2) is 0 Å². The van der Waals surface area contributed by atoms with Gasteiger partial charge in [0.05, 0.1) is 12.1 Å². The molecule has 0 aliphatic carbocycles. The molecule has 0 heterocycles. The minimum atomic E-state index is -0.568. The Morgan fingerprint density at radius 2 is 2.44 bits per heavy atom. The van der Waals surface area contributed by atoms with Gasteiger partial charge in [-0.3, -0.25) is 0 Å². The number of nitrogens with zero attached hydrogens (tertiary/aromatic N) is 1. The van der Waals surface area contributed by atoms with Crippen LogP contribution in [0.25, 0.3) is 0 Å². The van der Waals surface area contributed by atoms with Gasteiger partial charge in [0.2, 0.25) is 0 Å². The molecule has 0 amide bonds. The van der Waals surface area contributed by atoms with Crippen molar-refractivity contribution in [1.82, 2.24) is 0 Å². The molecule has 0 aliphatic rings. The van der Waals surface area contributed by atoms with Crippen LogP contribution in [0.3, 0.4) is 0 Å². The van der Waals surface area contributed by atoms with E-state index in [2.05, 4.69) is 11.3 Å². The van der Waals surface area contributed by atoms with Crippen LogP contribution < -0.4 is 0 Å². The van der Waals surface area contributed by atoms with Crippen molar-refractivity contribution in [3.8, 4) is 6.07 Å². The molecule has 0 saturated heterocycles. The zero-order chi connectivity index (χ0) is 7.11. The van der Waals surface area contributed by atoms with Crippen molar-refractivity contribution in [1.29, 1.82) is 5.26 Å². The summed E-state index contributed by atoms with van der Waals surface area (Å²) < 4.78 is 4.27. The molecule has 3 heteroatoms. The molecule has 46 valence electrons. The Morgan fingerprint density at radius 3 is 2.89 bits per heavy atom. The lowest BCUT2D eigenvalue weighted by Crippen LogP contribution is -1.91. The molecule has 0 rings (SSSR count). The lowest BCUT2D eigenvalue weighted by atomic mass is 10.6. The SMILES string of the molecule is C=CC(=O)OC=CC#N. The topological polar surface area (TPSA) is 50.1 Å². The molecule has 0 aromatic heterocycles. The molecule has 0 spiro atoms. The van der Waals surface area contributed by atoms with Gasteiger partial charge in [-0.1, -0.05) is 6.58 Å². The van der Waals surface area contributed by atoms with Gasteiger partial charge in [0.25, 0.3) is 0 Å². The Bertz CT molecular complexity index is 176. The number of esters is 1. The average Bonchev–Trinajstić information content (AvgIpc) is 1.89. The monoisotopic (exact) mass is 123 g/mol. The molecule has 9 heavy (non-hydrogen) atoms. The summed E-state index contributed by atoms with van der Waals surface area (Å²) in [6.45, 7) is 3.15. The molecule has 3 nitrogen and oxygen atoms in total. The smallest absolute Gasteiger partial charge is 0.334 e. The second kappa shape index (κ2) is 4.60. The number of carbonyl (C=O) groups is 1. The van der Waals surface area contributed by atoms with Gasteiger partial charge in [-0.2, -0.15) is 5.26 Å². The summed E-state index contributed by atoms with van der Waals surface area (Å²) in [5.41, 5.74) is 0. The summed E-state index contributed by atoms with van der Waals surface area (Å²) in [4.78, 5) is 10.2. The first-order valence-electron chi connectivity index (χ1n) is 2.19. The molecular formula is C6H5NO2. The Hall–Kier alpha value is -1.56. The highest BCUT2D eigenvalue weighted by molar-refractivity contribution is 5.81. The Morgan fingerprint density at radius 1 is 1.78 bits per heavy atom. The fourth-order valence-electron chi connectivity index (χ4n) is 0.180. The third kappa shape index (κ3) is 4.29. The summed E-state index contributed by atoms with van der Waals surface area (Å²) in [5, 5.41) is 7.90. The highest BCUT2D eigenvalue weighted by atomic mass is 16.5. The van der Waals surface area contributed by atoms with Crippen molar-refractivity contribution >= 4 is 5.97 Å². The second-order valence-electron chi connectivity index (χ2n) is 1.07. The first-order valence-corrected chi connectivity index (χ1v) is 2.19. The molecule has 0 saturated carbocycles. The largest absolute Gasteiger partial charge is 0.431 e. The molecule has 0 fully saturated rings. The van der Waals surface area contributed by atoms with Crippen molar-refractivity contribution < 1.29 is 9.53 Å². The summed E-state index contributed by atoms with van der Waals surface area (Å²) >= 11 is 0. The van der Waals surface area contributed by atoms with Crippen LogP contribution in [0.15, 0.2) is 25.0 Å². The van der Waals surface area contributed by atoms with Gasteiger partial charge in [-0.25, -0.2) is 4.79 Å². The van der Waals surface area contributed by atoms with E-state index in [4.69, 9.17) is 5.26 Å². The molecule has 0 bridgehead atoms. The number of hydrogen-bond donors (Lipinski definition) is 0. The van der Waals surface area contributed by atoms with E-state index < -0.39 is 5.97 Å². The number of allylic oxidation sites excluding steroid dienone is 1. The first-order chi connectivity index (χ1) is 4.31. The first kappa shape index (κ1) is 7.44. The Labute approximate surface area is 52.9 Å². The van der Waals surface area contributed by atoms with Crippen molar-refractivity contribution in [3.63, 3.8) is 0 Å². The lowest BCUT2D eigenvalue weighted by Gasteiger charge is -1.86. The van der Waals surface area contributed by atoms with Crippen LogP contribution in [-0.4, -0.2) is 5.97 Å². The van der Waals surface area contributed by atoms with Crippen LogP contribution in [0.4, 0.5) is 0 Å². The highest BCUT2D eigenvalue weighted by Crippen LogP contribution is 1.79. The van der Waals surface area contributed by atoms with E-state index in [-0.39, 0.29) is 0 Å². The van der Waals surface area contributed by atoms with Gasteiger partial charge < -0.3 is 4.74 Å². The van der Waals surface area contributed by atoms with Gasteiger partial charge in [0.1, 0.15) is 6.26 Å². The molecule has 0 unspecified atom stereocenters. The van der Waals surface area contributed by atoms with Gasteiger partial charge >= 0.3 is 5.97 Å². The normalized spacial score (nSPS) is 8.33. The van der Waals surface area contributed by atoms with E-state index in [9.17, 15) is 4.79 Å². The summed E-state index contributed by atoms with van der Waals surface area (Å²) in [5.74, 6) is -0.568. The standard InChI is InChI=1S/C6H5NO2/c1-2-6(8)9-5-3-4-7/h2-3,5H,1H2. The second-order valence-corrected chi connectivity index (χ2v) is 1.07. The van der Waals surface area contributed by atoms with Gasteiger partial charge in [-0.15, -0.1) is 0 Å². The maximum Gasteiger partial charge on any atom is 0.334 e. The molecule has 0 atom stereocenters. The van der Waals surface area contributed by atoms with Crippen LogP contribution in [0.1, 0.15) is 0 Å². The highest BCUT2D eigenvalue weighted by Gasteiger charge is 1.86. The number of hydrogen-bond acceptors (Lipinski definition) is 3. The maximum atomic E-state index is 10.2. The molecule has 0 aliphatic heterocycles. The fraction of sp³-hybridized carbons (Fsp3) is 0. The molecule has 0 radical (unpaired) electrons. The maximum absolute atomic E-state index is 10.2. The van der Waals surface area contributed by atoms with Crippen LogP contribution in [-0.2, 0) is 9.53 Å². The van der Waals surface area contributed by atoms with Crippen molar-refractivity contribution in [2.75, 3.05) is 0 Å². The summed E-state index contributed by atoms with van der Waals surface area (Å²) in [7, 11) is 0. The Balaban J connectivity index is 3.53. The fourth-order valence-corrected chi connectivity index (χ4v) is 0.180. The number of carbonyl (C=O) groups excluding carboxylic acids is 1. The van der Waals surface area contributed by atoms with Gasteiger partial charge in [0, 0.05) is 6.08 Å². The zero-order valence-electron chi connectivity index (χ0n) is 4.70. The predicted octanol–water partition coefficient (Wildman–Crippen LogP) is 0.753. The van der Waals surface area contributed by atoms with Crippen molar-refractivity contribution in [2.45, 2.75) is 0 Å². The quantitative estimate of drug-likeness (QED) is 0.235. The Kier molecular flexibility index (Phi) is 3.80. The van der Waals surface area contributed by atoms with Crippen molar-refractivity contribution in [3.05, 3.63) is 25.0 Å². The molecular weight excluding hydrogens is 118 g/mol. The zero-order valence-corrected chi connectivity index (χ0v) is 4.70. The van der Waals surface area contributed by atoms with Crippen LogP contribution in [0.5, 0.6) is 0 Å². The lowest BCUT2D eigenvalue weighted by molar-refractivity contribution is -0.132. The summed E-state index contributed by atoms with van der Waals surface area (Å²) in [6.07, 6.45) is 3.08. The predicted molar refractivity (Wildman–Crippen MR) is 31.0 cm³/mol. The number of rotatable bonds is 2. The van der Waals surface area contributed by atoms with E-state index in [0.29, 0.717) is 0 Å². The number of nitriles is 1. The van der Waals surface area contributed by atoms with Crippen LogP contribution in [0, 0.1) is 11.3 Å². The van der Waals surface area contributed by atoms with E-state index in [1.165, 1.54) is 0 Å². The van der Waals surface area contributed by atoms with E-state index in [0.717, 1.165) is 18.4 Å². The third-order valence-corrected chi connectivity index (χ3v) is 0.493. The van der Waals surface area contributed by atoms with Crippen LogP contribution in [0.2, 0.25) is 0 Å². The third-order valence-electron chi connectivity index (χ3n) is 0.493. The van der Waals surface area contributed by atoms with Gasteiger partial charge in [-0.05, 0) is 0 Å². The molecule has 0 N–H and O–H groups in total. The minimum absolute atomic E-state index is 0.568. The van der Waals surface area contributed by atoms with E-state index in [1.807, 2.05) is 0 Å². The van der Waals surface area contributed by atoms with E-state index in [1.54, 1.807) is 6.07 Å². The van der Waals surface area contributed by atoms with E-state index >= 15 is 0 Å². The molecule has 0 aromatic rings. The summed E-state index contributed by atoms with van der Waals surface area (Å²) in [6, 6.07) is 1.66. The van der Waals surface area contributed by atoms with Crippen molar-refractivity contribution in [2.24, 2.45) is 0 Å². The average molecular weight is 123 g/mol. The van der Waals surface area contributed by atoms with Crippen LogP contribution >= 0.6 is 0 Å². The minimum Gasteiger partial charge on any atom is -0.431 e. The number of ether oxygens (including phenoxy) is 1. The molecule has 0 aromatic carbocycles.